The number of rotatable bonds is 5. The van der Waals surface area contributed by atoms with Crippen molar-refractivity contribution < 1.29 is 32.7 Å². The molecule has 1 spiro atoms. The van der Waals surface area contributed by atoms with Gasteiger partial charge in [0, 0.05) is 21.2 Å². The first kappa shape index (κ1) is 24.8. The van der Waals surface area contributed by atoms with Crippen molar-refractivity contribution in [3.8, 4) is 11.5 Å². The number of phenolic OH excluding ortho intramolecular Hbond substituents is 1. The lowest BCUT2D eigenvalue weighted by Gasteiger charge is -2.30. The highest BCUT2D eigenvalue weighted by Crippen LogP contribution is 2.53. The summed E-state index contributed by atoms with van der Waals surface area (Å²) in [7, 11) is 0. The van der Waals surface area contributed by atoms with E-state index in [0.29, 0.717) is 16.1 Å². The third-order valence-corrected chi connectivity index (χ3v) is 7.01. The Morgan fingerprint density at radius 2 is 1.76 bits per heavy atom. The second kappa shape index (κ2) is 8.93. The average Bonchev–Trinajstić information content (AvgIpc) is 3.30. The Kier molecular flexibility index (Phi) is 5.99. The maximum absolute atomic E-state index is 13.6. The molecular weight excluding hydrogens is 515 g/mol. The number of nitro groups is 1. The molecule has 12 heteroatoms. The fourth-order valence-electron chi connectivity index (χ4n) is 5.35. The van der Waals surface area contributed by atoms with Gasteiger partial charge in [0.1, 0.15) is 17.0 Å². The summed E-state index contributed by atoms with van der Waals surface area (Å²) in [5.41, 5.74) is -0.371. The summed E-state index contributed by atoms with van der Waals surface area (Å²) in [6.07, 6.45) is -4.86. The van der Waals surface area contributed by atoms with E-state index >= 15 is 0 Å². The number of nitrogens with one attached hydrogen (secondary N) is 2. The molecule has 3 aromatic rings. The first-order valence-electron chi connectivity index (χ1n) is 11.1. The van der Waals surface area contributed by atoms with Crippen molar-refractivity contribution in [3.05, 3.63) is 98.6 Å². The summed E-state index contributed by atoms with van der Waals surface area (Å²) >= 11 is 6.04. The maximum atomic E-state index is 13.6. The van der Waals surface area contributed by atoms with Gasteiger partial charge in [-0.1, -0.05) is 35.9 Å². The Hall–Kier alpha value is -3.83. The number of nitrogens with zero attached hydrogens (tertiary/aromatic N) is 1. The molecule has 8 nitrogen and oxygen atoms in total. The van der Waals surface area contributed by atoms with E-state index in [-0.39, 0.29) is 23.4 Å². The Bertz CT molecular complexity index is 1370. The minimum absolute atomic E-state index is 0.0192. The SMILES string of the molecule is O=C1Nc2ccc(OC(F)(F)F)cc2C12NC(Cc1ccc(O)cc1)C([N+](=O)[O-])C2c1ccc(Cl)cc1. The molecular formula is C25H19ClF3N3O5. The Balaban J connectivity index is 1.68. The zero-order valence-electron chi connectivity index (χ0n) is 18.8. The molecule has 3 N–H and O–H groups in total. The van der Waals surface area contributed by atoms with Crippen LogP contribution < -0.4 is 15.4 Å². The lowest BCUT2D eigenvalue weighted by molar-refractivity contribution is -0.526. The second-order valence-corrected chi connectivity index (χ2v) is 9.38. The number of alkyl halides is 3. The molecule has 2 aliphatic rings. The van der Waals surface area contributed by atoms with E-state index < -0.39 is 46.5 Å². The van der Waals surface area contributed by atoms with Crippen LogP contribution in [0.2, 0.25) is 5.02 Å². The third-order valence-electron chi connectivity index (χ3n) is 6.75. The van der Waals surface area contributed by atoms with Crippen molar-refractivity contribution >= 4 is 23.2 Å². The van der Waals surface area contributed by atoms with E-state index in [1.807, 2.05) is 0 Å². The molecule has 37 heavy (non-hydrogen) atoms. The van der Waals surface area contributed by atoms with Gasteiger partial charge < -0.3 is 15.2 Å². The van der Waals surface area contributed by atoms with Gasteiger partial charge in [-0.3, -0.25) is 20.2 Å². The van der Waals surface area contributed by atoms with Crippen LogP contribution in [-0.2, 0) is 16.8 Å². The van der Waals surface area contributed by atoms with Crippen molar-refractivity contribution in [1.82, 2.24) is 5.32 Å². The predicted molar refractivity (Wildman–Crippen MR) is 127 cm³/mol. The van der Waals surface area contributed by atoms with E-state index in [1.165, 1.54) is 30.3 Å². The van der Waals surface area contributed by atoms with Gasteiger partial charge in [0.2, 0.25) is 11.9 Å². The number of benzene rings is 3. The van der Waals surface area contributed by atoms with Crippen LogP contribution in [0.1, 0.15) is 22.6 Å². The first-order chi connectivity index (χ1) is 17.5. The van der Waals surface area contributed by atoms with Crippen LogP contribution in [0.4, 0.5) is 18.9 Å². The average molecular weight is 534 g/mol. The van der Waals surface area contributed by atoms with Gasteiger partial charge in [0.25, 0.3) is 0 Å². The van der Waals surface area contributed by atoms with E-state index in [0.717, 1.165) is 12.1 Å². The molecule has 3 aromatic carbocycles. The normalized spacial score (nSPS) is 24.6. The first-order valence-corrected chi connectivity index (χ1v) is 11.5. The highest BCUT2D eigenvalue weighted by Gasteiger charge is 2.66. The summed E-state index contributed by atoms with van der Waals surface area (Å²) in [6.45, 7) is 0. The zero-order valence-corrected chi connectivity index (χ0v) is 19.6. The molecule has 0 aliphatic carbocycles. The number of fused-ring (bicyclic) bond motifs is 2. The number of aromatic hydroxyl groups is 1. The maximum Gasteiger partial charge on any atom is 0.573 e. The van der Waals surface area contributed by atoms with Gasteiger partial charge in [-0.2, -0.15) is 0 Å². The van der Waals surface area contributed by atoms with Crippen molar-refractivity contribution in [2.75, 3.05) is 5.32 Å². The van der Waals surface area contributed by atoms with Crippen LogP contribution in [0.5, 0.6) is 11.5 Å². The van der Waals surface area contributed by atoms with Crippen LogP contribution in [0.25, 0.3) is 0 Å². The van der Waals surface area contributed by atoms with Gasteiger partial charge in [0.15, 0.2) is 0 Å². The highest BCUT2D eigenvalue weighted by atomic mass is 35.5. The number of amides is 1. The third kappa shape index (κ3) is 4.44. The quantitative estimate of drug-likeness (QED) is 0.323. The second-order valence-electron chi connectivity index (χ2n) is 8.94. The standard InChI is InChI=1S/C25H19ClF3N3O5/c26-15-5-3-14(4-6-15)21-22(32(35)36)20(11-13-1-7-16(33)8-2-13)31-24(21)18-12-17(37-25(27,28)29)9-10-19(18)30-23(24)34/h1-10,12,20-22,31,33H,11H2,(H,30,34). The van der Waals surface area contributed by atoms with Crippen LogP contribution in [-0.4, -0.2) is 34.4 Å². The molecule has 1 amide bonds. The largest absolute Gasteiger partial charge is 0.573 e. The summed E-state index contributed by atoms with van der Waals surface area (Å²) in [4.78, 5) is 25.6. The van der Waals surface area contributed by atoms with Gasteiger partial charge in [-0.05, 0) is 60.0 Å². The molecule has 0 aromatic heterocycles. The monoisotopic (exact) mass is 533 g/mol. The lowest BCUT2D eigenvalue weighted by atomic mass is 9.74. The Morgan fingerprint density at radius 3 is 2.38 bits per heavy atom. The van der Waals surface area contributed by atoms with E-state index in [9.17, 15) is 33.2 Å². The van der Waals surface area contributed by atoms with Crippen LogP contribution in [0, 0.1) is 10.1 Å². The van der Waals surface area contributed by atoms with Crippen molar-refractivity contribution in [1.29, 1.82) is 0 Å². The molecule has 5 rings (SSSR count). The molecule has 0 radical (unpaired) electrons. The number of phenols is 1. The number of carbonyl (C=O) groups excluding carboxylic acids is 1. The number of carbonyl (C=O) groups is 1. The summed E-state index contributed by atoms with van der Waals surface area (Å²) in [5.74, 6) is -2.28. The molecule has 2 aliphatic heterocycles. The van der Waals surface area contributed by atoms with Gasteiger partial charge in [0.05, 0.1) is 12.0 Å². The minimum Gasteiger partial charge on any atom is -0.508 e. The molecule has 4 unspecified atom stereocenters. The lowest BCUT2D eigenvalue weighted by Crippen LogP contribution is -2.49. The molecule has 1 saturated heterocycles. The topological polar surface area (TPSA) is 114 Å². The number of halogens is 4. The molecule has 4 atom stereocenters. The zero-order chi connectivity index (χ0) is 26.5. The predicted octanol–water partition coefficient (Wildman–Crippen LogP) is 4.74. The van der Waals surface area contributed by atoms with Gasteiger partial charge >= 0.3 is 6.36 Å². The molecule has 0 saturated carbocycles. The minimum atomic E-state index is -4.97. The molecule has 0 bridgehead atoms. The van der Waals surface area contributed by atoms with Crippen molar-refractivity contribution in [2.24, 2.45) is 0 Å². The molecule has 1 fully saturated rings. The van der Waals surface area contributed by atoms with Crippen LogP contribution in [0.15, 0.2) is 66.7 Å². The molecule has 2 heterocycles. The van der Waals surface area contributed by atoms with E-state index in [2.05, 4.69) is 15.4 Å². The number of hydrogen-bond donors (Lipinski definition) is 3. The van der Waals surface area contributed by atoms with Crippen LogP contribution in [0.3, 0.4) is 0 Å². The van der Waals surface area contributed by atoms with E-state index in [1.54, 1.807) is 24.3 Å². The Morgan fingerprint density at radius 1 is 1.08 bits per heavy atom. The van der Waals surface area contributed by atoms with Crippen LogP contribution >= 0.6 is 11.6 Å². The summed E-state index contributed by atoms with van der Waals surface area (Å²) in [5, 5.41) is 28.3. The summed E-state index contributed by atoms with van der Waals surface area (Å²) in [6, 6.07) is 13.5. The Labute approximate surface area is 213 Å². The number of anilines is 1. The van der Waals surface area contributed by atoms with Gasteiger partial charge in [-0.25, -0.2) is 0 Å². The highest BCUT2D eigenvalue weighted by molar-refractivity contribution is 6.30. The smallest absolute Gasteiger partial charge is 0.508 e. The van der Waals surface area contributed by atoms with Crippen molar-refractivity contribution in [2.45, 2.75) is 36.3 Å². The number of ether oxygens (including phenoxy) is 1. The molecule has 192 valence electrons. The van der Waals surface area contributed by atoms with Crippen molar-refractivity contribution in [3.63, 3.8) is 0 Å². The summed E-state index contributed by atoms with van der Waals surface area (Å²) < 4.78 is 43.0. The number of hydrogen-bond acceptors (Lipinski definition) is 6. The van der Waals surface area contributed by atoms with Gasteiger partial charge in [-0.15, -0.1) is 13.2 Å². The fraction of sp³-hybridized carbons (Fsp3) is 0.240. The van der Waals surface area contributed by atoms with E-state index in [4.69, 9.17) is 11.6 Å². The fourth-order valence-corrected chi connectivity index (χ4v) is 5.48.